The van der Waals surface area contributed by atoms with Gasteiger partial charge in [-0.25, -0.2) is 0 Å². The summed E-state index contributed by atoms with van der Waals surface area (Å²) in [7, 11) is 0. The van der Waals surface area contributed by atoms with Gasteiger partial charge in [0.1, 0.15) is 0 Å². The Morgan fingerprint density at radius 1 is 1.35 bits per heavy atom. The van der Waals surface area contributed by atoms with Crippen molar-refractivity contribution in [1.29, 1.82) is 0 Å². The van der Waals surface area contributed by atoms with Crippen molar-refractivity contribution in [3.8, 4) is 0 Å². The minimum absolute atomic E-state index is 0.249. The highest BCUT2D eigenvalue weighted by Gasteiger charge is 2.37. The van der Waals surface area contributed by atoms with Gasteiger partial charge in [-0.1, -0.05) is 18.2 Å². The Hall–Kier alpha value is -1.84. The molecule has 17 heavy (non-hydrogen) atoms. The molecule has 0 saturated carbocycles. The molecule has 90 valence electrons. The maximum absolute atomic E-state index is 11.0. The molecule has 0 amide bonds. The number of hydrogen-bond acceptors (Lipinski definition) is 4. The van der Waals surface area contributed by atoms with Crippen LogP contribution in [0.15, 0.2) is 35.4 Å². The quantitative estimate of drug-likeness (QED) is 0.698. The molecule has 0 spiro atoms. The molecule has 1 aromatic carbocycles. The van der Waals surface area contributed by atoms with E-state index in [1.807, 2.05) is 49.2 Å². The van der Waals surface area contributed by atoms with Crippen molar-refractivity contribution < 1.29 is 9.53 Å². The van der Waals surface area contributed by atoms with E-state index in [2.05, 4.69) is 5.10 Å². The fourth-order valence-corrected chi connectivity index (χ4v) is 1.77. The highest BCUT2D eigenvalue weighted by atomic mass is 16.5. The second-order valence-corrected chi connectivity index (χ2v) is 4.78. The fourth-order valence-electron chi connectivity index (χ4n) is 1.77. The van der Waals surface area contributed by atoms with Crippen LogP contribution in [0.3, 0.4) is 0 Å². The molecule has 0 N–H and O–H groups in total. The van der Waals surface area contributed by atoms with Crippen LogP contribution >= 0.6 is 0 Å². The van der Waals surface area contributed by atoms with Gasteiger partial charge in [0.15, 0.2) is 0 Å². The summed E-state index contributed by atoms with van der Waals surface area (Å²) in [5.74, 6) is 0.153. The average molecular weight is 232 g/mol. The smallest absolute Gasteiger partial charge is 0.309 e. The predicted octanol–water partition coefficient (Wildman–Crippen LogP) is 2.41. The van der Waals surface area contributed by atoms with Gasteiger partial charge in [0.05, 0.1) is 17.6 Å². The van der Waals surface area contributed by atoms with E-state index >= 15 is 0 Å². The summed E-state index contributed by atoms with van der Waals surface area (Å²) >= 11 is 0. The first-order chi connectivity index (χ1) is 7.99. The Kier molecular flexibility index (Phi) is 2.88. The van der Waals surface area contributed by atoms with Crippen molar-refractivity contribution in [2.75, 3.05) is 11.6 Å². The van der Waals surface area contributed by atoms with Gasteiger partial charge >= 0.3 is 5.97 Å². The Morgan fingerprint density at radius 3 is 2.59 bits per heavy atom. The maximum atomic E-state index is 11.0. The number of benzene rings is 1. The van der Waals surface area contributed by atoms with Crippen molar-refractivity contribution in [3.05, 3.63) is 30.3 Å². The van der Waals surface area contributed by atoms with Gasteiger partial charge in [-0.05, 0) is 26.0 Å². The van der Waals surface area contributed by atoms with Gasteiger partial charge in [-0.3, -0.25) is 9.80 Å². The first kappa shape index (κ1) is 11.6. The summed E-state index contributed by atoms with van der Waals surface area (Å²) in [4.78, 5) is 11.0. The molecule has 0 radical (unpaired) electrons. The van der Waals surface area contributed by atoms with Gasteiger partial charge in [0.25, 0.3) is 0 Å². The number of hydrazone groups is 1. The minimum Gasteiger partial charge on any atom is -0.409 e. The molecule has 4 nitrogen and oxygen atoms in total. The van der Waals surface area contributed by atoms with Crippen LogP contribution in [0.2, 0.25) is 0 Å². The Labute approximate surface area is 101 Å². The number of ether oxygens (including phenoxy) is 1. The van der Waals surface area contributed by atoms with Gasteiger partial charge in [-0.2, -0.15) is 0 Å². The Bertz CT molecular complexity index is 452. The molecular weight excluding hydrogens is 216 g/mol. The summed E-state index contributed by atoms with van der Waals surface area (Å²) in [6, 6.07) is 9.84. The Balaban J connectivity index is 2.24. The first-order valence-electron chi connectivity index (χ1n) is 5.59. The van der Waals surface area contributed by atoms with E-state index in [0.717, 1.165) is 5.69 Å². The standard InChI is InChI=1S/C13H16N2O2/c1-10(16)17-12-13(2,3)9-15(14-12)11-7-5-4-6-8-11/h4-8H,9H2,1-3H3. The molecule has 4 heteroatoms. The largest absolute Gasteiger partial charge is 0.409 e. The van der Waals surface area contributed by atoms with Crippen molar-refractivity contribution in [1.82, 2.24) is 0 Å². The number of rotatable bonds is 1. The zero-order chi connectivity index (χ0) is 12.5. The third-order valence-corrected chi connectivity index (χ3v) is 2.63. The molecular formula is C13H16N2O2. The lowest BCUT2D eigenvalue weighted by molar-refractivity contribution is -0.133. The number of hydrogen-bond donors (Lipinski definition) is 0. The Morgan fingerprint density at radius 2 is 2.00 bits per heavy atom. The lowest BCUT2D eigenvalue weighted by Gasteiger charge is -2.20. The molecule has 1 aromatic rings. The van der Waals surface area contributed by atoms with Crippen LogP contribution in [0.25, 0.3) is 0 Å². The highest BCUT2D eigenvalue weighted by Crippen LogP contribution is 2.30. The molecule has 0 bridgehead atoms. The van der Waals surface area contributed by atoms with Crippen LogP contribution < -0.4 is 5.01 Å². The lowest BCUT2D eigenvalue weighted by atomic mass is 9.94. The van der Waals surface area contributed by atoms with Crippen molar-refractivity contribution in [3.63, 3.8) is 0 Å². The van der Waals surface area contributed by atoms with Crippen molar-refractivity contribution in [2.24, 2.45) is 10.5 Å². The molecule has 1 heterocycles. The fraction of sp³-hybridized carbons (Fsp3) is 0.385. The molecule has 0 saturated heterocycles. The average Bonchev–Trinajstić information content (AvgIpc) is 2.55. The predicted molar refractivity (Wildman–Crippen MR) is 66.8 cm³/mol. The molecule has 1 aliphatic rings. The first-order valence-corrected chi connectivity index (χ1v) is 5.59. The highest BCUT2D eigenvalue weighted by molar-refractivity contribution is 5.93. The van der Waals surface area contributed by atoms with Crippen molar-refractivity contribution >= 4 is 17.6 Å². The van der Waals surface area contributed by atoms with Crippen molar-refractivity contribution in [2.45, 2.75) is 20.8 Å². The molecule has 1 aliphatic heterocycles. The van der Waals surface area contributed by atoms with Gasteiger partial charge < -0.3 is 4.74 Å². The molecule has 0 atom stereocenters. The topological polar surface area (TPSA) is 41.9 Å². The van der Waals surface area contributed by atoms with Crippen LogP contribution in [0.4, 0.5) is 5.69 Å². The van der Waals surface area contributed by atoms with Crippen LogP contribution in [-0.4, -0.2) is 18.4 Å². The summed E-state index contributed by atoms with van der Waals surface area (Å²) < 4.78 is 5.15. The second kappa shape index (κ2) is 4.20. The van der Waals surface area contributed by atoms with Gasteiger partial charge in [-0.15, -0.1) is 5.10 Å². The number of anilines is 1. The number of esters is 1. The second-order valence-electron chi connectivity index (χ2n) is 4.78. The molecule has 0 aromatic heterocycles. The van der Waals surface area contributed by atoms with E-state index in [1.54, 1.807) is 0 Å². The van der Waals surface area contributed by atoms with Crippen LogP contribution in [0.1, 0.15) is 20.8 Å². The molecule has 2 rings (SSSR count). The van der Waals surface area contributed by atoms with E-state index in [9.17, 15) is 4.79 Å². The van der Waals surface area contributed by atoms with Crippen LogP contribution in [0.5, 0.6) is 0 Å². The third kappa shape index (κ3) is 2.46. The summed E-state index contributed by atoms with van der Waals surface area (Å²) in [5, 5.41) is 6.22. The van der Waals surface area contributed by atoms with E-state index in [1.165, 1.54) is 6.92 Å². The van der Waals surface area contributed by atoms with E-state index in [-0.39, 0.29) is 11.4 Å². The monoisotopic (exact) mass is 232 g/mol. The molecule has 0 aliphatic carbocycles. The number of carbonyl (C=O) groups is 1. The van der Waals surface area contributed by atoms with Crippen LogP contribution in [-0.2, 0) is 9.53 Å². The maximum Gasteiger partial charge on any atom is 0.309 e. The zero-order valence-corrected chi connectivity index (χ0v) is 10.3. The zero-order valence-electron chi connectivity index (χ0n) is 10.3. The minimum atomic E-state index is -0.327. The summed E-state index contributed by atoms with van der Waals surface area (Å²) in [6.07, 6.45) is 0. The number of para-hydroxylation sites is 1. The SMILES string of the molecule is CC(=O)OC1=NN(c2ccccc2)CC1(C)C. The van der Waals surface area contributed by atoms with E-state index in [0.29, 0.717) is 12.4 Å². The molecule has 0 unspecified atom stereocenters. The third-order valence-electron chi connectivity index (χ3n) is 2.63. The van der Waals surface area contributed by atoms with Crippen LogP contribution in [0, 0.1) is 5.41 Å². The normalized spacial score (nSPS) is 17.8. The van der Waals surface area contributed by atoms with Gasteiger partial charge in [0, 0.05) is 6.92 Å². The number of nitrogens with zero attached hydrogens (tertiary/aromatic N) is 2. The molecule has 0 fully saturated rings. The summed E-state index contributed by atoms with van der Waals surface area (Å²) in [6.45, 7) is 6.12. The lowest BCUT2D eigenvalue weighted by Crippen LogP contribution is -2.29. The summed E-state index contributed by atoms with van der Waals surface area (Å²) in [5.41, 5.74) is 0.754. The van der Waals surface area contributed by atoms with Gasteiger partial charge in [0.2, 0.25) is 5.90 Å². The van der Waals surface area contributed by atoms with E-state index < -0.39 is 0 Å². The van der Waals surface area contributed by atoms with E-state index in [4.69, 9.17) is 4.74 Å². The number of carbonyl (C=O) groups excluding carboxylic acids is 1.